The summed E-state index contributed by atoms with van der Waals surface area (Å²) in [6, 6.07) is 10.4. The SMILES string of the molecule is C[C@H]1C[C@@H](N(C)C(=O)[C@@H](N)Cc2ccccc2)CCN1C. The molecule has 0 unspecified atom stereocenters. The van der Waals surface area contributed by atoms with E-state index in [1.807, 2.05) is 42.3 Å². The number of hydrogen-bond donors (Lipinski definition) is 1. The highest BCUT2D eigenvalue weighted by molar-refractivity contribution is 5.82. The quantitative estimate of drug-likeness (QED) is 0.914. The second kappa shape index (κ2) is 7.05. The van der Waals surface area contributed by atoms with Crippen molar-refractivity contribution in [2.24, 2.45) is 5.73 Å². The van der Waals surface area contributed by atoms with Gasteiger partial charge in [-0.3, -0.25) is 4.79 Å². The first-order chi connectivity index (χ1) is 9.99. The number of rotatable bonds is 4. The fourth-order valence-corrected chi connectivity index (χ4v) is 3.01. The first kappa shape index (κ1) is 16.0. The van der Waals surface area contributed by atoms with Gasteiger partial charge in [0.25, 0.3) is 0 Å². The van der Waals surface area contributed by atoms with Gasteiger partial charge in [-0.1, -0.05) is 30.3 Å². The summed E-state index contributed by atoms with van der Waals surface area (Å²) < 4.78 is 0. The number of nitrogens with zero attached hydrogens (tertiary/aromatic N) is 2. The van der Waals surface area contributed by atoms with Gasteiger partial charge in [0.2, 0.25) is 5.91 Å². The lowest BCUT2D eigenvalue weighted by Gasteiger charge is -2.40. The largest absolute Gasteiger partial charge is 0.341 e. The molecule has 4 heteroatoms. The molecule has 1 aromatic carbocycles. The second-order valence-electron chi connectivity index (χ2n) is 6.25. The normalized spacial score (nSPS) is 24.6. The topological polar surface area (TPSA) is 49.6 Å². The van der Waals surface area contributed by atoms with Gasteiger partial charge < -0.3 is 15.5 Å². The molecule has 0 saturated carbocycles. The zero-order valence-corrected chi connectivity index (χ0v) is 13.3. The van der Waals surface area contributed by atoms with Crippen molar-refractivity contribution in [1.82, 2.24) is 9.80 Å². The molecule has 2 rings (SSSR count). The van der Waals surface area contributed by atoms with Crippen LogP contribution in [0, 0.1) is 0 Å². The third-order valence-corrected chi connectivity index (χ3v) is 4.69. The van der Waals surface area contributed by atoms with Crippen molar-refractivity contribution in [3.63, 3.8) is 0 Å². The summed E-state index contributed by atoms with van der Waals surface area (Å²) in [6.45, 7) is 3.26. The van der Waals surface area contributed by atoms with Gasteiger partial charge in [0, 0.05) is 25.7 Å². The Balaban J connectivity index is 1.92. The zero-order chi connectivity index (χ0) is 15.4. The summed E-state index contributed by atoms with van der Waals surface area (Å²) in [5.74, 6) is 0.0561. The van der Waals surface area contributed by atoms with Gasteiger partial charge in [0.1, 0.15) is 0 Å². The molecule has 0 radical (unpaired) electrons. The van der Waals surface area contributed by atoms with Crippen molar-refractivity contribution in [1.29, 1.82) is 0 Å². The van der Waals surface area contributed by atoms with E-state index in [1.54, 1.807) is 0 Å². The molecule has 1 heterocycles. The van der Waals surface area contributed by atoms with Crippen molar-refractivity contribution in [3.05, 3.63) is 35.9 Å². The lowest BCUT2D eigenvalue weighted by atomic mass is 9.96. The number of nitrogens with two attached hydrogens (primary N) is 1. The van der Waals surface area contributed by atoms with Crippen molar-refractivity contribution in [2.75, 3.05) is 20.6 Å². The molecule has 2 N–H and O–H groups in total. The van der Waals surface area contributed by atoms with Crippen LogP contribution in [0.15, 0.2) is 30.3 Å². The number of hydrogen-bond acceptors (Lipinski definition) is 3. The Kier molecular flexibility index (Phi) is 5.37. The van der Waals surface area contributed by atoms with E-state index >= 15 is 0 Å². The van der Waals surface area contributed by atoms with Gasteiger partial charge >= 0.3 is 0 Å². The Morgan fingerprint density at radius 3 is 2.71 bits per heavy atom. The minimum atomic E-state index is -0.452. The molecule has 1 amide bonds. The van der Waals surface area contributed by atoms with E-state index in [0.717, 1.165) is 24.9 Å². The monoisotopic (exact) mass is 289 g/mol. The molecular weight excluding hydrogens is 262 g/mol. The van der Waals surface area contributed by atoms with Gasteiger partial charge in [-0.15, -0.1) is 0 Å². The van der Waals surface area contributed by atoms with Gasteiger partial charge in [-0.05, 0) is 38.8 Å². The maximum absolute atomic E-state index is 12.5. The van der Waals surface area contributed by atoms with Gasteiger partial charge in [0.05, 0.1) is 6.04 Å². The maximum Gasteiger partial charge on any atom is 0.239 e. The number of piperidine rings is 1. The van der Waals surface area contributed by atoms with Crippen LogP contribution in [-0.4, -0.2) is 54.5 Å². The number of carbonyl (C=O) groups is 1. The van der Waals surface area contributed by atoms with Crippen LogP contribution in [0.5, 0.6) is 0 Å². The number of benzene rings is 1. The Morgan fingerprint density at radius 2 is 2.10 bits per heavy atom. The van der Waals surface area contributed by atoms with Crippen molar-refractivity contribution >= 4 is 5.91 Å². The standard InChI is InChI=1S/C17H27N3O/c1-13-11-15(9-10-19(13)2)20(3)17(21)16(18)12-14-7-5-4-6-8-14/h4-8,13,15-16H,9-12,18H2,1-3H3/t13-,15-,16-/m0/s1. The van der Waals surface area contributed by atoms with Crippen LogP contribution in [0.25, 0.3) is 0 Å². The molecular formula is C17H27N3O. The van der Waals surface area contributed by atoms with E-state index in [9.17, 15) is 4.79 Å². The summed E-state index contributed by atoms with van der Waals surface area (Å²) in [6.07, 6.45) is 2.66. The molecule has 4 nitrogen and oxygen atoms in total. The molecule has 0 aromatic heterocycles. The first-order valence-electron chi connectivity index (χ1n) is 7.75. The number of carbonyl (C=O) groups excluding carboxylic acids is 1. The van der Waals surface area contributed by atoms with E-state index in [1.165, 1.54) is 0 Å². The molecule has 1 saturated heterocycles. The van der Waals surface area contributed by atoms with Crippen LogP contribution in [0.4, 0.5) is 0 Å². The molecule has 1 fully saturated rings. The summed E-state index contributed by atoms with van der Waals surface area (Å²) >= 11 is 0. The predicted octanol–water partition coefficient (Wildman–Crippen LogP) is 1.50. The van der Waals surface area contributed by atoms with Crippen molar-refractivity contribution in [2.45, 2.75) is 44.3 Å². The van der Waals surface area contributed by atoms with Crippen molar-refractivity contribution < 1.29 is 4.79 Å². The van der Waals surface area contributed by atoms with Gasteiger partial charge in [0.15, 0.2) is 0 Å². The predicted molar refractivity (Wildman–Crippen MR) is 86.0 cm³/mol. The minimum Gasteiger partial charge on any atom is -0.341 e. The molecule has 116 valence electrons. The first-order valence-corrected chi connectivity index (χ1v) is 7.75. The average Bonchev–Trinajstić information content (AvgIpc) is 2.49. The van der Waals surface area contributed by atoms with E-state index in [4.69, 9.17) is 5.73 Å². The summed E-state index contributed by atoms with van der Waals surface area (Å²) in [5.41, 5.74) is 7.23. The van der Waals surface area contributed by atoms with Gasteiger partial charge in [-0.25, -0.2) is 0 Å². The maximum atomic E-state index is 12.5. The summed E-state index contributed by atoms with van der Waals surface area (Å²) in [7, 11) is 4.04. The number of amides is 1. The fourth-order valence-electron chi connectivity index (χ4n) is 3.01. The molecule has 1 aliphatic heterocycles. The smallest absolute Gasteiger partial charge is 0.239 e. The highest BCUT2D eigenvalue weighted by Gasteiger charge is 2.30. The van der Waals surface area contributed by atoms with Crippen LogP contribution < -0.4 is 5.73 Å². The van der Waals surface area contributed by atoms with E-state index < -0.39 is 6.04 Å². The Hall–Kier alpha value is -1.39. The van der Waals surface area contributed by atoms with Crippen molar-refractivity contribution in [3.8, 4) is 0 Å². The van der Waals surface area contributed by atoms with E-state index in [0.29, 0.717) is 18.5 Å². The minimum absolute atomic E-state index is 0.0561. The van der Waals surface area contributed by atoms with Crippen LogP contribution in [0.2, 0.25) is 0 Å². The molecule has 3 atom stereocenters. The van der Waals surface area contributed by atoms with Crippen LogP contribution in [0.3, 0.4) is 0 Å². The van der Waals surface area contributed by atoms with Gasteiger partial charge in [-0.2, -0.15) is 0 Å². The molecule has 1 aromatic rings. The fraction of sp³-hybridized carbons (Fsp3) is 0.588. The third-order valence-electron chi connectivity index (χ3n) is 4.69. The zero-order valence-electron chi connectivity index (χ0n) is 13.3. The molecule has 0 bridgehead atoms. The van der Waals surface area contributed by atoms with Crippen LogP contribution >= 0.6 is 0 Å². The molecule has 0 spiro atoms. The van der Waals surface area contributed by atoms with E-state index in [-0.39, 0.29) is 5.91 Å². The Labute approximate surface area is 127 Å². The average molecular weight is 289 g/mol. The molecule has 0 aliphatic carbocycles. The van der Waals surface area contributed by atoms with Crippen LogP contribution in [-0.2, 0) is 11.2 Å². The number of likely N-dealkylation sites (tertiary alicyclic amines) is 1. The lowest BCUT2D eigenvalue weighted by molar-refractivity contribution is -0.134. The molecule has 21 heavy (non-hydrogen) atoms. The summed E-state index contributed by atoms with van der Waals surface area (Å²) in [5, 5.41) is 0. The highest BCUT2D eigenvalue weighted by Crippen LogP contribution is 2.20. The number of likely N-dealkylation sites (N-methyl/N-ethyl adjacent to an activating group) is 1. The second-order valence-corrected chi connectivity index (χ2v) is 6.25. The molecule has 1 aliphatic rings. The highest BCUT2D eigenvalue weighted by atomic mass is 16.2. The Morgan fingerprint density at radius 1 is 1.43 bits per heavy atom. The van der Waals surface area contributed by atoms with Crippen LogP contribution in [0.1, 0.15) is 25.3 Å². The van der Waals surface area contributed by atoms with E-state index in [2.05, 4.69) is 18.9 Å². The third kappa shape index (κ3) is 4.05. The lowest BCUT2D eigenvalue weighted by Crippen LogP contribution is -2.52. The Bertz CT molecular complexity index is 462. The summed E-state index contributed by atoms with van der Waals surface area (Å²) in [4.78, 5) is 16.7.